The molecule has 0 aliphatic carbocycles. The van der Waals surface area contributed by atoms with E-state index >= 15 is 0 Å². The summed E-state index contributed by atoms with van der Waals surface area (Å²) in [4.78, 5) is 11.0. The molecule has 0 rings (SSSR count). The number of nitrogens with one attached hydrogen (secondary N) is 2. The van der Waals surface area contributed by atoms with Crippen LogP contribution in [0.3, 0.4) is 0 Å². The molecule has 0 amide bonds. The molecule has 0 aromatic heterocycles. The van der Waals surface area contributed by atoms with Gasteiger partial charge in [0.2, 0.25) is 0 Å². The zero-order chi connectivity index (χ0) is 11.0. The maximum Gasteiger partial charge on any atom is 0.322 e. The maximum atomic E-state index is 11.0. The van der Waals surface area contributed by atoms with Crippen molar-refractivity contribution in [2.45, 2.75) is 25.8 Å². The lowest BCUT2D eigenvalue weighted by Crippen LogP contribution is -2.35. The van der Waals surface area contributed by atoms with Crippen LogP contribution in [0.2, 0.25) is 0 Å². The first-order valence-corrected chi connectivity index (χ1v) is 4.58. The van der Waals surface area contributed by atoms with E-state index in [1.165, 1.54) is 0 Å². The van der Waals surface area contributed by atoms with Crippen LogP contribution in [0.5, 0.6) is 0 Å². The molecular weight excluding hydrogens is 184 g/mol. The third-order valence-corrected chi connectivity index (χ3v) is 1.60. The number of hydrogen-bond donors (Lipinski definition) is 4. The molecule has 0 bridgehead atoms. The van der Waals surface area contributed by atoms with Crippen molar-refractivity contribution in [3.8, 4) is 0 Å². The monoisotopic (exact) mass is 202 g/mol. The van der Waals surface area contributed by atoms with Crippen molar-refractivity contribution in [3.05, 3.63) is 0 Å². The summed E-state index contributed by atoms with van der Waals surface area (Å²) in [6.45, 7) is 2.63. The second kappa shape index (κ2) is 7.14. The normalized spacial score (nSPS) is 11.9. The average molecular weight is 202 g/mol. The number of rotatable bonds is 6. The Hall–Kier alpha value is -1.30. The van der Waals surface area contributed by atoms with Crippen molar-refractivity contribution in [2.75, 3.05) is 13.2 Å². The van der Waals surface area contributed by atoms with Crippen molar-refractivity contribution in [1.29, 1.82) is 5.41 Å². The molecule has 0 heterocycles. The smallest absolute Gasteiger partial charge is 0.322 e. The van der Waals surface area contributed by atoms with E-state index in [2.05, 4.69) is 5.32 Å². The van der Waals surface area contributed by atoms with Crippen LogP contribution in [0.4, 0.5) is 0 Å². The lowest BCUT2D eigenvalue weighted by molar-refractivity contribution is -0.144. The summed E-state index contributed by atoms with van der Waals surface area (Å²) >= 11 is 0. The molecule has 0 saturated carbocycles. The van der Waals surface area contributed by atoms with E-state index in [1.807, 2.05) is 0 Å². The van der Waals surface area contributed by atoms with Gasteiger partial charge >= 0.3 is 5.97 Å². The van der Waals surface area contributed by atoms with Crippen molar-refractivity contribution in [3.63, 3.8) is 0 Å². The Morgan fingerprint density at radius 1 is 1.64 bits per heavy atom. The van der Waals surface area contributed by atoms with E-state index in [9.17, 15) is 4.79 Å². The highest BCUT2D eigenvalue weighted by Gasteiger charge is 2.13. The first kappa shape index (κ1) is 12.7. The minimum atomic E-state index is -0.580. The molecule has 0 saturated heterocycles. The molecule has 0 aliphatic rings. The van der Waals surface area contributed by atoms with Crippen LogP contribution in [0.25, 0.3) is 0 Å². The fourth-order valence-electron chi connectivity index (χ4n) is 0.912. The van der Waals surface area contributed by atoms with Crippen LogP contribution in [0, 0.1) is 5.41 Å². The molecular formula is C8H18N4O2. The predicted octanol–water partition coefficient (Wildman–Crippen LogP) is -0.860. The zero-order valence-corrected chi connectivity index (χ0v) is 8.38. The van der Waals surface area contributed by atoms with E-state index in [1.54, 1.807) is 6.92 Å². The number of ether oxygens (including phenoxy) is 1. The number of hydrogen-bond acceptors (Lipinski definition) is 4. The molecule has 0 unspecified atom stereocenters. The van der Waals surface area contributed by atoms with Crippen LogP contribution in [-0.2, 0) is 9.53 Å². The Bertz CT molecular complexity index is 196. The molecule has 0 fully saturated rings. The molecule has 0 aromatic rings. The Labute approximate surface area is 83.5 Å². The highest BCUT2D eigenvalue weighted by molar-refractivity contribution is 5.75. The molecule has 6 heteroatoms. The molecule has 1 atom stereocenters. The molecule has 0 radical (unpaired) electrons. The van der Waals surface area contributed by atoms with Gasteiger partial charge in [0.15, 0.2) is 5.96 Å². The number of esters is 1. The summed E-state index contributed by atoms with van der Waals surface area (Å²) in [5.74, 6) is -0.454. The molecule has 0 aromatic carbocycles. The lowest BCUT2D eigenvalue weighted by atomic mass is 10.2. The number of carbonyl (C=O) groups excluding carboxylic acids is 1. The second-order valence-corrected chi connectivity index (χ2v) is 2.84. The van der Waals surface area contributed by atoms with Crippen molar-refractivity contribution < 1.29 is 9.53 Å². The van der Waals surface area contributed by atoms with Crippen LogP contribution >= 0.6 is 0 Å². The van der Waals surface area contributed by atoms with Crippen molar-refractivity contribution in [2.24, 2.45) is 11.5 Å². The van der Waals surface area contributed by atoms with Gasteiger partial charge in [-0.3, -0.25) is 10.2 Å². The van der Waals surface area contributed by atoms with Crippen molar-refractivity contribution in [1.82, 2.24) is 5.32 Å². The SMILES string of the molecule is CCOC(=O)[C@H](N)CCCNC(=N)N. The highest BCUT2D eigenvalue weighted by Crippen LogP contribution is 1.95. The minimum absolute atomic E-state index is 0.0743. The van der Waals surface area contributed by atoms with E-state index in [0.717, 1.165) is 0 Å². The minimum Gasteiger partial charge on any atom is -0.465 e. The molecule has 14 heavy (non-hydrogen) atoms. The summed E-state index contributed by atoms with van der Waals surface area (Å²) in [5.41, 5.74) is 10.6. The summed E-state index contributed by atoms with van der Waals surface area (Å²) in [6.07, 6.45) is 1.21. The topological polar surface area (TPSA) is 114 Å². The molecule has 82 valence electrons. The first-order chi connectivity index (χ1) is 6.57. The van der Waals surface area contributed by atoms with E-state index in [0.29, 0.717) is 26.0 Å². The number of carbonyl (C=O) groups is 1. The molecule has 0 spiro atoms. The summed E-state index contributed by atoms with van der Waals surface area (Å²) in [7, 11) is 0. The van der Waals surface area contributed by atoms with Gasteiger partial charge in [0.25, 0.3) is 0 Å². The first-order valence-electron chi connectivity index (χ1n) is 4.58. The van der Waals surface area contributed by atoms with E-state index < -0.39 is 6.04 Å². The molecule has 6 nitrogen and oxygen atoms in total. The Morgan fingerprint density at radius 3 is 2.79 bits per heavy atom. The number of guanidine groups is 1. The Balaban J connectivity index is 3.48. The Morgan fingerprint density at radius 2 is 2.29 bits per heavy atom. The zero-order valence-electron chi connectivity index (χ0n) is 8.38. The van der Waals surface area contributed by atoms with Gasteiger partial charge in [-0.2, -0.15) is 0 Å². The standard InChI is InChI=1S/C8H18N4O2/c1-2-14-7(13)6(9)4-3-5-12-8(10)11/h6H,2-5,9H2,1H3,(H4,10,11,12)/t6-/m1/s1. The number of nitrogens with two attached hydrogens (primary N) is 2. The van der Waals surface area contributed by atoms with E-state index in [4.69, 9.17) is 21.6 Å². The summed E-state index contributed by atoms with van der Waals surface area (Å²) in [5, 5.41) is 9.50. The third-order valence-electron chi connectivity index (χ3n) is 1.60. The highest BCUT2D eigenvalue weighted by atomic mass is 16.5. The van der Waals surface area contributed by atoms with Crippen LogP contribution in [-0.4, -0.2) is 31.1 Å². The summed E-state index contributed by atoms with van der Waals surface area (Å²) in [6, 6.07) is -0.580. The van der Waals surface area contributed by atoms with Crippen LogP contribution in [0.1, 0.15) is 19.8 Å². The quantitative estimate of drug-likeness (QED) is 0.194. The molecule has 6 N–H and O–H groups in total. The van der Waals surface area contributed by atoms with Crippen LogP contribution in [0.15, 0.2) is 0 Å². The van der Waals surface area contributed by atoms with Gasteiger partial charge in [-0.1, -0.05) is 0 Å². The lowest BCUT2D eigenvalue weighted by Gasteiger charge is -2.10. The average Bonchev–Trinajstić information content (AvgIpc) is 2.12. The van der Waals surface area contributed by atoms with Gasteiger partial charge < -0.3 is 21.5 Å². The summed E-state index contributed by atoms with van der Waals surface area (Å²) < 4.78 is 4.73. The second-order valence-electron chi connectivity index (χ2n) is 2.84. The van der Waals surface area contributed by atoms with Gasteiger partial charge in [-0.25, -0.2) is 0 Å². The van der Waals surface area contributed by atoms with Crippen molar-refractivity contribution >= 4 is 11.9 Å². The van der Waals surface area contributed by atoms with Gasteiger partial charge in [-0.05, 0) is 19.8 Å². The molecule has 0 aliphatic heterocycles. The Kier molecular flexibility index (Phi) is 6.47. The fraction of sp³-hybridized carbons (Fsp3) is 0.750. The van der Waals surface area contributed by atoms with Gasteiger partial charge in [0.1, 0.15) is 6.04 Å². The fourth-order valence-corrected chi connectivity index (χ4v) is 0.912. The van der Waals surface area contributed by atoms with E-state index in [-0.39, 0.29) is 11.9 Å². The predicted molar refractivity (Wildman–Crippen MR) is 53.8 cm³/mol. The maximum absolute atomic E-state index is 11.0. The third kappa shape index (κ3) is 6.24. The van der Waals surface area contributed by atoms with Gasteiger partial charge in [0, 0.05) is 6.54 Å². The van der Waals surface area contributed by atoms with Crippen LogP contribution < -0.4 is 16.8 Å². The van der Waals surface area contributed by atoms with Gasteiger partial charge in [0.05, 0.1) is 6.61 Å². The van der Waals surface area contributed by atoms with Gasteiger partial charge in [-0.15, -0.1) is 0 Å². The largest absolute Gasteiger partial charge is 0.465 e.